The molecule has 10 atom stereocenters. The van der Waals surface area contributed by atoms with Crippen molar-refractivity contribution in [1.29, 1.82) is 0 Å². The first-order chi connectivity index (χ1) is 21.9. The molecule has 4 aromatic rings. The van der Waals surface area contributed by atoms with Crippen molar-refractivity contribution in [2.45, 2.75) is 49.0 Å². The Kier molecular flexibility index (Phi) is 7.90. The summed E-state index contributed by atoms with van der Waals surface area (Å²) in [6.07, 6.45) is -11.5. The van der Waals surface area contributed by atoms with Gasteiger partial charge in [0.25, 0.3) is 5.56 Å². The minimum atomic E-state index is -5.11. The van der Waals surface area contributed by atoms with Crippen LogP contribution in [0.1, 0.15) is 17.2 Å². The first-order valence-corrected chi connectivity index (χ1v) is 16.9. The molecule has 7 N–H and O–H groups in total. The van der Waals surface area contributed by atoms with Crippen molar-refractivity contribution in [3.63, 3.8) is 0 Å². The number of anilines is 2. The Bertz CT molecular complexity index is 1970. The number of phosphoric acid groups is 2. The van der Waals surface area contributed by atoms with Crippen LogP contribution in [0.3, 0.4) is 0 Å². The monoisotopic (exact) mass is 708 g/mol. The van der Waals surface area contributed by atoms with Crippen LogP contribution in [-0.4, -0.2) is 106 Å². The molecule has 0 aromatic carbocycles. The molecule has 46 heavy (non-hydrogen) atoms. The molecule has 4 aromatic heterocycles. The number of alkyl halides is 1. The predicted octanol–water partition coefficient (Wildman–Crippen LogP) is -0.513. The molecule has 248 valence electrons. The summed E-state index contributed by atoms with van der Waals surface area (Å²) in [6.45, 7) is -1.61. The molecular weight excluding hydrogens is 685 g/mol. The Morgan fingerprint density at radius 2 is 1.78 bits per heavy atom. The maximum atomic E-state index is 16.0. The molecule has 2 unspecified atom stereocenters. The van der Waals surface area contributed by atoms with Crippen molar-refractivity contribution < 1.29 is 55.6 Å². The fraction of sp³-hybridized carbons (Fsp3) is 0.550. The van der Waals surface area contributed by atoms with Crippen molar-refractivity contribution in [3.05, 3.63) is 21.6 Å². The third-order valence-corrected chi connectivity index (χ3v) is 10.2. The number of hydrogen-bond acceptors (Lipinski definition) is 19. The molecule has 7 rings (SSSR count). The summed E-state index contributed by atoms with van der Waals surface area (Å²) >= 11 is 0.800. The third kappa shape index (κ3) is 5.48. The second-order valence-electron chi connectivity index (χ2n) is 10.1. The number of nitrogens with one attached hydrogen (secondary N) is 1. The van der Waals surface area contributed by atoms with Gasteiger partial charge in [0.15, 0.2) is 29.4 Å². The first-order valence-electron chi connectivity index (χ1n) is 13.1. The summed E-state index contributed by atoms with van der Waals surface area (Å²) in [6, 6.07) is 0. The summed E-state index contributed by atoms with van der Waals surface area (Å²) in [5.74, 6) is -0.265. The molecular formula is C20H23FN10O12P2S. The van der Waals surface area contributed by atoms with Crippen molar-refractivity contribution in [2.75, 3.05) is 31.8 Å². The molecule has 3 fully saturated rings. The van der Waals surface area contributed by atoms with Crippen LogP contribution in [-0.2, 0) is 41.4 Å². The molecule has 3 aliphatic rings. The van der Waals surface area contributed by atoms with E-state index in [2.05, 4.69) is 34.6 Å². The number of fused-ring (bicyclic) bond motifs is 5. The van der Waals surface area contributed by atoms with Crippen LogP contribution in [0.4, 0.5) is 16.2 Å². The van der Waals surface area contributed by atoms with Crippen molar-refractivity contribution in [2.24, 2.45) is 0 Å². The molecule has 3 aliphatic heterocycles. The van der Waals surface area contributed by atoms with Crippen LogP contribution in [0.25, 0.3) is 22.2 Å². The van der Waals surface area contributed by atoms with Crippen LogP contribution in [0, 0.1) is 0 Å². The Labute approximate surface area is 258 Å². The number of H-pyrrole nitrogens is 1. The summed E-state index contributed by atoms with van der Waals surface area (Å²) in [7, 11) is -9.01. The Morgan fingerprint density at radius 1 is 1.07 bits per heavy atom. The highest BCUT2D eigenvalue weighted by Crippen LogP contribution is 2.55. The standard InChI is InChI=1S/C20H23FN10O12P2S/c1-37-12-6-3-39-44(33,34)42-11-5(40-13(7(11)21)15-8-9(29-46-15)16(22)25-4-24-8)2-38-45(35,36)43-14(12)19(41-6)31-17-10(28-30-31)18(32)27-20(23)26-17/h4-7,11-14,19H,2-3H2,1H3,(H,33,34)(H,35,36)(H2,22,24,25)(H3,23,26,27,32)/t5-,6-,7-,11-,12-,13-,14-,19-/m1/s1. The number of methoxy groups -OCH3 is 1. The van der Waals surface area contributed by atoms with Gasteiger partial charge in [-0.2, -0.15) is 14.0 Å². The van der Waals surface area contributed by atoms with Gasteiger partial charge in [-0.1, -0.05) is 5.21 Å². The van der Waals surface area contributed by atoms with Gasteiger partial charge in [0.1, 0.15) is 54.0 Å². The fourth-order valence-electron chi connectivity index (χ4n) is 5.34. The van der Waals surface area contributed by atoms with Crippen LogP contribution in [0.5, 0.6) is 0 Å². The second-order valence-corrected chi connectivity index (χ2v) is 13.8. The lowest BCUT2D eigenvalue weighted by Crippen LogP contribution is -2.37. The number of nitrogen functional groups attached to an aromatic ring is 2. The van der Waals surface area contributed by atoms with Gasteiger partial charge in [0.05, 0.1) is 18.1 Å². The highest BCUT2D eigenvalue weighted by Gasteiger charge is 2.55. The Balaban J connectivity index is 1.22. The van der Waals surface area contributed by atoms with Crippen molar-refractivity contribution in [3.8, 4) is 0 Å². The van der Waals surface area contributed by atoms with Gasteiger partial charge in [-0.25, -0.2) is 23.5 Å². The maximum absolute atomic E-state index is 16.0. The van der Waals surface area contributed by atoms with Crippen molar-refractivity contribution >= 4 is 61.1 Å². The summed E-state index contributed by atoms with van der Waals surface area (Å²) < 4.78 is 85.7. The zero-order valence-electron chi connectivity index (χ0n) is 23.1. The SMILES string of the molecule is CO[C@H]1[C@H]2OP(=O)(O)OC[C@H]3O[C@@H](c4snc5c(N)ncnc45)[C@H](F)[C@@H]3OP(=O)(O)OC[C@H]1O[C@H]2n1nnc2c(=O)[nH]c(N)nc21. The van der Waals surface area contributed by atoms with E-state index < -0.39 is 83.4 Å². The van der Waals surface area contributed by atoms with Gasteiger partial charge in [-0.05, 0) is 11.5 Å². The number of aromatic nitrogens is 8. The zero-order valence-corrected chi connectivity index (χ0v) is 25.7. The average molecular weight is 708 g/mol. The van der Waals surface area contributed by atoms with E-state index in [4.69, 9.17) is 43.8 Å². The lowest BCUT2D eigenvalue weighted by Gasteiger charge is -2.25. The number of rotatable bonds is 3. The smallest absolute Gasteiger partial charge is 0.382 e. The van der Waals surface area contributed by atoms with E-state index >= 15 is 4.39 Å². The van der Waals surface area contributed by atoms with Crippen LogP contribution < -0.4 is 17.0 Å². The Hall–Kier alpha value is -3.12. The number of nitrogens with two attached hydrogens (primary N) is 2. The minimum absolute atomic E-state index is 0.0316. The first kappa shape index (κ1) is 31.5. The van der Waals surface area contributed by atoms with Crippen molar-refractivity contribution in [1.82, 2.24) is 39.3 Å². The summed E-state index contributed by atoms with van der Waals surface area (Å²) in [4.78, 5) is 48.1. The molecule has 22 nitrogen and oxygen atoms in total. The largest absolute Gasteiger partial charge is 0.472 e. The van der Waals surface area contributed by atoms with E-state index in [1.165, 1.54) is 7.11 Å². The van der Waals surface area contributed by atoms with Crippen LogP contribution >= 0.6 is 27.2 Å². The number of ether oxygens (including phenoxy) is 3. The third-order valence-electron chi connectivity index (χ3n) is 7.33. The lowest BCUT2D eigenvalue weighted by atomic mass is 10.1. The van der Waals surface area contributed by atoms with Gasteiger partial charge in [-0.15, -0.1) is 5.10 Å². The number of halogens is 1. The molecule has 7 heterocycles. The topological polar surface area (TPSA) is 306 Å². The number of nitrogens with zero attached hydrogens (tertiary/aromatic N) is 7. The highest BCUT2D eigenvalue weighted by molar-refractivity contribution is 7.47. The van der Waals surface area contributed by atoms with Gasteiger partial charge in [0, 0.05) is 7.11 Å². The summed E-state index contributed by atoms with van der Waals surface area (Å²) in [5.41, 5.74) is 10.7. The summed E-state index contributed by atoms with van der Waals surface area (Å²) in [5, 5.41) is 7.62. The normalized spacial score (nSPS) is 37.1. The second kappa shape index (κ2) is 11.5. The van der Waals surface area contributed by atoms with E-state index in [0.717, 1.165) is 22.5 Å². The van der Waals surface area contributed by atoms with E-state index in [-0.39, 0.29) is 38.8 Å². The van der Waals surface area contributed by atoms with Gasteiger partial charge < -0.3 is 35.5 Å². The molecule has 0 amide bonds. The molecule has 0 aliphatic carbocycles. The molecule has 3 saturated heterocycles. The fourth-order valence-corrected chi connectivity index (χ4v) is 8.12. The van der Waals surface area contributed by atoms with E-state index in [1.54, 1.807) is 0 Å². The number of phosphoric ester groups is 2. The molecule has 0 radical (unpaired) electrons. The van der Waals surface area contributed by atoms with Crippen LogP contribution in [0.2, 0.25) is 0 Å². The van der Waals surface area contributed by atoms with E-state index in [1.807, 2.05) is 0 Å². The molecule has 0 spiro atoms. The number of hydrogen-bond donors (Lipinski definition) is 5. The molecule has 26 heteroatoms. The number of aromatic amines is 1. The highest BCUT2D eigenvalue weighted by atomic mass is 32.1. The van der Waals surface area contributed by atoms with Crippen LogP contribution in [0.15, 0.2) is 11.1 Å². The zero-order chi connectivity index (χ0) is 32.5. The lowest BCUT2D eigenvalue weighted by molar-refractivity contribution is -0.0682. The minimum Gasteiger partial charge on any atom is -0.382 e. The average Bonchev–Trinajstić information content (AvgIpc) is 3.75. The predicted molar refractivity (Wildman–Crippen MR) is 148 cm³/mol. The molecule has 2 bridgehead atoms. The van der Waals surface area contributed by atoms with Gasteiger partial charge in [0.2, 0.25) is 5.95 Å². The van der Waals surface area contributed by atoms with E-state index in [0.29, 0.717) is 0 Å². The van der Waals surface area contributed by atoms with Gasteiger partial charge >= 0.3 is 15.6 Å². The quantitative estimate of drug-likeness (QED) is 0.167. The molecule has 0 saturated carbocycles. The van der Waals surface area contributed by atoms with Gasteiger partial charge in [-0.3, -0.25) is 27.9 Å². The Morgan fingerprint density at radius 3 is 2.52 bits per heavy atom. The van der Waals surface area contributed by atoms with E-state index in [9.17, 15) is 23.7 Å². The maximum Gasteiger partial charge on any atom is 0.472 e.